The maximum atomic E-state index is 4.40. The SMILES string of the molecule is CNC(C)c1cnc(C2CC2C)[nH]1. The molecule has 1 fully saturated rings. The summed E-state index contributed by atoms with van der Waals surface area (Å²) in [6, 6.07) is 0.371. The first-order chi connectivity index (χ1) is 6.22. The molecule has 1 aromatic heterocycles. The fourth-order valence-corrected chi connectivity index (χ4v) is 1.62. The Morgan fingerprint density at radius 3 is 2.92 bits per heavy atom. The van der Waals surface area contributed by atoms with E-state index in [4.69, 9.17) is 0 Å². The van der Waals surface area contributed by atoms with Gasteiger partial charge in [0.2, 0.25) is 0 Å². The molecule has 1 aliphatic carbocycles. The molecule has 3 heteroatoms. The molecular formula is C10H17N3. The van der Waals surface area contributed by atoms with E-state index in [1.54, 1.807) is 0 Å². The largest absolute Gasteiger partial charge is 0.344 e. The van der Waals surface area contributed by atoms with Crippen LogP contribution in [0, 0.1) is 5.92 Å². The van der Waals surface area contributed by atoms with Crippen LogP contribution in [0.3, 0.4) is 0 Å². The van der Waals surface area contributed by atoms with Crippen molar-refractivity contribution in [2.24, 2.45) is 5.92 Å². The van der Waals surface area contributed by atoms with Gasteiger partial charge < -0.3 is 10.3 Å². The molecule has 1 aliphatic rings. The first-order valence-electron chi connectivity index (χ1n) is 4.94. The number of H-pyrrole nitrogens is 1. The van der Waals surface area contributed by atoms with E-state index >= 15 is 0 Å². The summed E-state index contributed by atoms with van der Waals surface area (Å²) < 4.78 is 0. The summed E-state index contributed by atoms with van der Waals surface area (Å²) in [6.45, 7) is 4.40. The van der Waals surface area contributed by atoms with Crippen molar-refractivity contribution in [2.75, 3.05) is 7.05 Å². The van der Waals surface area contributed by atoms with E-state index in [-0.39, 0.29) is 0 Å². The van der Waals surface area contributed by atoms with Crippen molar-refractivity contribution in [3.63, 3.8) is 0 Å². The molecule has 3 unspecified atom stereocenters. The Bertz CT molecular complexity index is 274. The van der Waals surface area contributed by atoms with Crippen molar-refractivity contribution in [2.45, 2.75) is 32.2 Å². The summed E-state index contributed by atoms with van der Waals surface area (Å²) in [5.74, 6) is 2.69. The smallest absolute Gasteiger partial charge is 0.109 e. The van der Waals surface area contributed by atoms with Crippen LogP contribution in [0.15, 0.2) is 6.20 Å². The van der Waals surface area contributed by atoms with Crippen molar-refractivity contribution in [3.05, 3.63) is 17.7 Å². The first-order valence-corrected chi connectivity index (χ1v) is 4.94. The lowest BCUT2D eigenvalue weighted by Gasteiger charge is -2.05. The minimum atomic E-state index is 0.371. The molecule has 3 nitrogen and oxygen atoms in total. The fourth-order valence-electron chi connectivity index (χ4n) is 1.62. The summed E-state index contributed by atoms with van der Waals surface area (Å²) in [5, 5.41) is 3.19. The Morgan fingerprint density at radius 1 is 1.69 bits per heavy atom. The fraction of sp³-hybridized carbons (Fsp3) is 0.700. The first kappa shape index (κ1) is 8.75. The van der Waals surface area contributed by atoms with Crippen LogP contribution in [-0.4, -0.2) is 17.0 Å². The average molecular weight is 179 g/mol. The highest BCUT2D eigenvalue weighted by Crippen LogP contribution is 2.45. The van der Waals surface area contributed by atoms with E-state index in [2.05, 4.69) is 29.1 Å². The third-order valence-corrected chi connectivity index (χ3v) is 2.98. The Hall–Kier alpha value is -0.830. The van der Waals surface area contributed by atoms with Gasteiger partial charge in [-0.3, -0.25) is 0 Å². The van der Waals surface area contributed by atoms with E-state index in [9.17, 15) is 0 Å². The van der Waals surface area contributed by atoms with E-state index in [1.807, 2.05) is 13.2 Å². The van der Waals surface area contributed by atoms with Crippen LogP contribution in [0.5, 0.6) is 0 Å². The highest BCUT2D eigenvalue weighted by Gasteiger charge is 2.36. The van der Waals surface area contributed by atoms with Gasteiger partial charge in [-0.1, -0.05) is 6.92 Å². The van der Waals surface area contributed by atoms with Crippen molar-refractivity contribution in [3.8, 4) is 0 Å². The van der Waals surface area contributed by atoms with Crippen LogP contribution in [0.4, 0.5) is 0 Å². The summed E-state index contributed by atoms with van der Waals surface area (Å²) in [7, 11) is 1.96. The zero-order valence-electron chi connectivity index (χ0n) is 8.46. The topological polar surface area (TPSA) is 40.7 Å². The van der Waals surface area contributed by atoms with Crippen molar-refractivity contribution in [1.82, 2.24) is 15.3 Å². The molecule has 0 radical (unpaired) electrons. The maximum Gasteiger partial charge on any atom is 0.109 e. The lowest BCUT2D eigenvalue weighted by Crippen LogP contribution is -2.12. The number of rotatable bonds is 3. The van der Waals surface area contributed by atoms with E-state index in [0.29, 0.717) is 12.0 Å². The lowest BCUT2D eigenvalue weighted by atomic mass is 10.3. The molecule has 1 aromatic rings. The monoisotopic (exact) mass is 179 g/mol. The summed E-state index contributed by atoms with van der Waals surface area (Å²) in [5.41, 5.74) is 1.19. The summed E-state index contributed by atoms with van der Waals surface area (Å²) >= 11 is 0. The molecule has 1 saturated carbocycles. The van der Waals surface area contributed by atoms with Crippen LogP contribution >= 0.6 is 0 Å². The molecule has 0 amide bonds. The Labute approximate surface area is 79.0 Å². The molecular weight excluding hydrogens is 162 g/mol. The number of hydrogen-bond donors (Lipinski definition) is 2. The van der Waals surface area contributed by atoms with E-state index in [1.165, 1.54) is 17.9 Å². The van der Waals surface area contributed by atoms with Gasteiger partial charge in [-0.25, -0.2) is 4.98 Å². The molecule has 72 valence electrons. The van der Waals surface area contributed by atoms with Crippen LogP contribution in [0.1, 0.15) is 43.7 Å². The Balaban J connectivity index is 2.09. The van der Waals surface area contributed by atoms with Gasteiger partial charge in [0, 0.05) is 18.2 Å². The molecule has 2 N–H and O–H groups in total. The quantitative estimate of drug-likeness (QED) is 0.743. The Morgan fingerprint density at radius 2 is 2.38 bits per heavy atom. The van der Waals surface area contributed by atoms with E-state index in [0.717, 1.165) is 5.92 Å². The van der Waals surface area contributed by atoms with Crippen LogP contribution in [0.2, 0.25) is 0 Å². The second kappa shape index (κ2) is 3.14. The van der Waals surface area contributed by atoms with Crippen molar-refractivity contribution >= 4 is 0 Å². The van der Waals surface area contributed by atoms with E-state index < -0.39 is 0 Å². The van der Waals surface area contributed by atoms with Crippen LogP contribution < -0.4 is 5.32 Å². The number of nitrogens with one attached hydrogen (secondary N) is 2. The predicted octanol–water partition coefficient (Wildman–Crippen LogP) is 1.81. The number of hydrogen-bond acceptors (Lipinski definition) is 2. The zero-order valence-corrected chi connectivity index (χ0v) is 8.46. The molecule has 0 aliphatic heterocycles. The third kappa shape index (κ3) is 1.61. The normalized spacial score (nSPS) is 28.8. The minimum absolute atomic E-state index is 0.371. The third-order valence-electron chi connectivity index (χ3n) is 2.98. The molecule has 0 aromatic carbocycles. The maximum absolute atomic E-state index is 4.40. The molecule has 0 spiro atoms. The summed E-state index contributed by atoms with van der Waals surface area (Å²) in [4.78, 5) is 7.78. The molecule has 0 bridgehead atoms. The molecule has 3 atom stereocenters. The van der Waals surface area contributed by atoms with Crippen molar-refractivity contribution < 1.29 is 0 Å². The van der Waals surface area contributed by atoms with Gasteiger partial charge in [-0.15, -0.1) is 0 Å². The van der Waals surface area contributed by atoms with Gasteiger partial charge >= 0.3 is 0 Å². The molecule has 1 heterocycles. The van der Waals surface area contributed by atoms with Gasteiger partial charge in [-0.2, -0.15) is 0 Å². The average Bonchev–Trinajstić information content (AvgIpc) is 2.70. The zero-order chi connectivity index (χ0) is 9.42. The highest BCUT2D eigenvalue weighted by molar-refractivity contribution is 5.14. The lowest BCUT2D eigenvalue weighted by molar-refractivity contribution is 0.634. The number of imidazole rings is 1. The Kier molecular flexibility index (Phi) is 2.12. The minimum Gasteiger partial charge on any atom is -0.344 e. The molecule has 13 heavy (non-hydrogen) atoms. The van der Waals surface area contributed by atoms with Crippen molar-refractivity contribution in [1.29, 1.82) is 0 Å². The predicted molar refractivity (Wildman–Crippen MR) is 52.6 cm³/mol. The van der Waals surface area contributed by atoms with Gasteiger partial charge in [0.25, 0.3) is 0 Å². The van der Waals surface area contributed by atoms with Crippen LogP contribution in [0.25, 0.3) is 0 Å². The number of aromatic amines is 1. The standard InChI is InChI=1S/C10H17N3/c1-6-4-8(6)10-12-5-9(13-10)7(2)11-3/h5-8,11H,4H2,1-3H3,(H,12,13). The molecule has 0 saturated heterocycles. The highest BCUT2D eigenvalue weighted by atomic mass is 15.0. The second-order valence-electron chi connectivity index (χ2n) is 4.05. The van der Waals surface area contributed by atoms with Gasteiger partial charge in [-0.05, 0) is 26.3 Å². The van der Waals surface area contributed by atoms with Crippen LogP contribution in [-0.2, 0) is 0 Å². The van der Waals surface area contributed by atoms with Gasteiger partial charge in [0.1, 0.15) is 5.82 Å². The number of aromatic nitrogens is 2. The van der Waals surface area contributed by atoms with Gasteiger partial charge in [0.05, 0.1) is 5.69 Å². The summed E-state index contributed by atoms with van der Waals surface area (Å²) in [6.07, 6.45) is 3.24. The molecule has 2 rings (SSSR count). The number of nitrogens with zero attached hydrogens (tertiary/aromatic N) is 1. The second-order valence-corrected chi connectivity index (χ2v) is 4.05. The van der Waals surface area contributed by atoms with Gasteiger partial charge in [0.15, 0.2) is 0 Å².